The second-order valence-electron chi connectivity index (χ2n) is 3.73. The molecule has 0 aromatic rings. The van der Waals surface area contributed by atoms with Crippen LogP contribution in [-0.2, 0) is 14.4 Å². The van der Waals surface area contributed by atoms with Gasteiger partial charge in [-0.25, -0.2) is 5.06 Å². The number of methoxy groups -OCH3 is 1. The van der Waals surface area contributed by atoms with Crippen LogP contribution in [0.25, 0.3) is 0 Å². The Morgan fingerprint density at radius 2 is 1.93 bits per heavy atom. The lowest BCUT2D eigenvalue weighted by Gasteiger charge is -2.26. The topological polar surface area (TPSA) is 59.0 Å². The first-order chi connectivity index (χ1) is 6.95. The van der Waals surface area contributed by atoms with Crippen molar-refractivity contribution < 1.29 is 19.5 Å². The summed E-state index contributed by atoms with van der Waals surface area (Å²) in [5.74, 6) is -0.827. The van der Waals surface area contributed by atoms with E-state index in [9.17, 15) is 9.90 Å². The van der Waals surface area contributed by atoms with Crippen LogP contribution in [0.3, 0.4) is 0 Å². The SMILES string of the molecule is COCC(C)C(O)C(C)C(=O)N(C)OC. The predicted octanol–water partition coefficient (Wildman–Crippen LogP) is 0.286. The first-order valence-electron chi connectivity index (χ1n) is 4.94. The van der Waals surface area contributed by atoms with E-state index in [0.717, 1.165) is 5.06 Å². The van der Waals surface area contributed by atoms with Crippen molar-refractivity contribution in [3.05, 3.63) is 0 Å². The van der Waals surface area contributed by atoms with Gasteiger partial charge in [-0.2, -0.15) is 0 Å². The molecule has 0 aromatic heterocycles. The minimum atomic E-state index is -0.727. The summed E-state index contributed by atoms with van der Waals surface area (Å²) >= 11 is 0. The Morgan fingerprint density at radius 1 is 1.40 bits per heavy atom. The van der Waals surface area contributed by atoms with E-state index in [1.807, 2.05) is 6.92 Å². The van der Waals surface area contributed by atoms with E-state index in [4.69, 9.17) is 9.57 Å². The number of rotatable bonds is 6. The fraction of sp³-hybridized carbons (Fsp3) is 0.900. The zero-order valence-corrected chi connectivity index (χ0v) is 10.1. The van der Waals surface area contributed by atoms with Crippen LogP contribution in [0.5, 0.6) is 0 Å². The minimum Gasteiger partial charge on any atom is -0.392 e. The normalized spacial score (nSPS) is 16.9. The van der Waals surface area contributed by atoms with Crippen molar-refractivity contribution >= 4 is 5.91 Å². The number of hydroxylamine groups is 2. The third-order valence-corrected chi connectivity index (χ3v) is 2.50. The summed E-state index contributed by atoms with van der Waals surface area (Å²) in [6.07, 6.45) is -0.727. The van der Waals surface area contributed by atoms with Crippen LogP contribution in [0.15, 0.2) is 0 Å². The molecule has 0 aromatic carbocycles. The molecule has 0 rings (SSSR count). The highest BCUT2D eigenvalue weighted by Gasteiger charge is 2.29. The van der Waals surface area contributed by atoms with Crippen molar-refractivity contribution in [1.82, 2.24) is 5.06 Å². The van der Waals surface area contributed by atoms with Crippen LogP contribution in [-0.4, -0.2) is 50.1 Å². The molecule has 0 bridgehead atoms. The Bertz CT molecular complexity index is 198. The summed E-state index contributed by atoms with van der Waals surface area (Å²) < 4.78 is 4.93. The molecule has 5 nitrogen and oxygen atoms in total. The minimum absolute atomic E-state index is 0.0841. The van der Waals surface area contributed by atoms with E-state index in [1.165, 1.54) is 14.2 Å². The maximum absolute atomic E-state index is 11.6. The molecule has 3 unspecified atom stereocenters. The average molecular weight is 219 g/mol. The largest absolute Gasteiger partial charge is 0.392 e. The lowest BCUT2D eigenvalue weighted by atomic mass is 9.93. The first-order valence-corrected chi connectivity index (χ1v) is 4.94. The van der Waals surface area contributed by atoms with Gasteiger partial charge in [-0.1, -0.05) is 13.8 Å². The fourth-order valence-electron chi connectivity index (χ4n) is 1.38. The van der Waals surface area contributed by atoms with Crippen molar-refractivity contribution in [1.29, 1.82) is 0 Å². The molecule has 15 heavy (non-hydrogen) atoms. The molecule has 0 heterocycles. The summed E-state index contributed by atoms with van der Waals surface area (Å²) in [4.78, 5) is 16.4. The average Bonchev–Trinajstić information content (AvgIpc) is 2.25. The molecule has 0 aliphatic heterocycles. The number of ether oxygens (including phenoxy) is 1. The van der Waals surface area contributed by atoms with Gasteiger partial charge in [-0.3, -0.25) is 9.63 Å². The number of carbonyl (C=O) groups excluding carboxylic acids is 1. The first kappa shape index (κ1) is 14.3. The van der Waals surface area contributed by atoms with Crippen LogP contribution >= 0.6 is 0 Å². The summed E-state index contributed by atoms with van der Waals surface area (Å²) in [6.45, 7) is 3.94. The second-order valence-corrected chi connectivity index (χ2v) is 3.73. The molecule has 0 saturated heterocycles. The Balaban J connectivity index is 4.29. The number of amides is 1. The Hall–Kier alpha value is -0.650. The maximum Gasteiger partial charge on any atom is 0.251 e. The number of hydrogen-bond donors (Lipinski definition) is 1. The molecule has 0 aliphatic carbocycles. The predicted molar refractivity (Wildman–Crippen MR) is 56.0 cm³/mol. The van der Waals surface area contributed by atoms with Gasteiger partial charge in [0.15, 0.2) is 0 Å². The molecule has 90 valence electrons. The third kappa shape index (κ3) is 4.15. The maximum atomic E-state index is 11.6. The fourth-order valence-corrected chi connectivity index (χ4v) is 1.38. The van der Waals surface area contributed by atoms with Crippen LogP contribution in [0.4, 0.5) is 0 Å². The van der Waals surface area contributed by atoms with Crippen LogP contribution < -0.4 is 0 Å². The number of nitrogens with zero attached hydrogens (tertiary/aromatic N) is 1. The van der Waals surface area contributed by atoms with Gasteiger partial charge in [0.25, 0.3) is 5.91 Å². The Kier molecular flexibility index (Phi) is 6.47. The lowest BCUT2D eigenvalue weighted by Crippen LogP contribution is -2.40. The van der Waals surface area contributed by atoms with Gasteiger partial charge in [-0.05, 0) is 0 Å². The van der Waals surface area contributed by atoms with Gasteiger partial charge < -0.3 is 9.84 Å². The van der Waals surface area contributed by atoms with E-state index in [1.54, 1.807) is 14.0 Å². The van der Waals surface area contributed by atoms with Crippen molar-refractivity contribution in [3.8, 4) is 0 Å². The molecule has 1 amide bonds. The summed E-state index contributed by atoms with van der Waals surface area (Å²) in [7, 11) is 4.50. The van der Waals surface area contributed by atoms with E-state index in [0.29, 0.717) is 6.61 Å². The molecule has 0 fully saturated rings. The third-order valence-electron chi connectivity index (χ3n) is 2.50. The van der Waals surface area contributed by atoms with E-state index >= 15 is 0 Å². The van der Waals surface area contributed by atoms with Crippen LogP contribution in [0, 0.1) is 11.8 Å². The number of hydrogen-bond acceptors (Lipinski definition) is 4. The molecule has 0 radical (unpaired) electrons. The standard InChI is InChI=1S/C10H21NO4/c1-7(6-14-4)9(12)8(2)10(13)11(3)15-5/h7-9,12H,6H2,1-5H3. The van der Waals surface area contributed by atoms with Gasteiger partial charge >= 0.3 is 0 Å². The van der Waals surface area contributed by atoms with Gasteiger partial charge in [0, 0.05) is 20.1 Å². The second kappa shape index (κ2) is 6.76. The van der Waals surface area contributed by atoms with Crippen molar-refractivity contribution in [2.75, 3.05) is 27.9 Å². The molecule has 0 aliphatic rings. The number of carbonyl (C=O) groups is 1. The zero-order chi connectivity index (χ0) is 12.0. The van der Waals surface area contributed by atoms with E-state index < -0.39 is 12.0 Å². The molecule has 3 atom stereocenters. The molecule has 1 N–H and O–H groups in total. The van der Waals surface area contributed by atoms with Gasteiger partial charge in [0.05, 0.1) is 25.7 Å². The molecule has 5 heteroatoms. The number of aliphatic hydroxyl groups excluding tert-OH is 1. The molecule has 0 spiro atoms. The summed E-state index contributed by atoms with van der Waals surface area (Å²) in [6, 6.07) is 0. The highest BCUT2D eigenvalue weighted by molar-refractivity contribution is 5.77. The molecular weight excluding hydrogens is 198 g/mol. The zero-order valence-electron chi connectivity index (χ0n) is 10.1. The molecule has 0 saturated carbocycles. The van der Waals surface area contributed by atoms with Gasteiger partial charge in [-0.15, -0.1) is 0 Å². The quantitative estimate of drug-likeness (QED) is 0.652. The summed E-state index contributed by atoms with van der Waals surface area (Å²) in [5, 5.41) is 11.0. The Morgan fingerprint density at radius 3 is 2.33 bits per heavy atom. The number of aliphatic hydroxyl groups is 1. The monoisotopic (exact) mass is 219 g/mol. The van der Waals surface area contributed by atoms with Crippen molar-refractivity contribution in [2.45, 2.75) is 20.0 Å². The van der Waals surface area contributed by atoms with Gasteiger partial charge in [0.2, 0.25) is 0 Å². The highest BCUT2D eigenvalue weighted by atomic mass is 16.7. The molecular formula is C10H21NO4. The van der Waals surface area contributed by atoms with Crippen LogP contribution in [0.2, 0.25) is 0 Å². The van der Waals surface area contributed by atoms with E-state index in [-0.39, 0.29) is 11.8 Å². The lowest BCUT2D eigenvalue weighted by molar-refractivity contribution is -0.177. The summed E-state index contributed by atoms with van der Waals surface area (Å²) in [5.41, 5.74) is 0. The smallest absolute Gasteiger partial charge is 0.251 e. The Labute approximate surface area is 90.9 Å². The van der Waals surface area contributed by atoms with E-state index in [2.05, 4.69) is 0 Å². The van der Waals surface area contributed by atoms with Crippen LogP contribution in [0.1, 0.15) is 13.8 Å². The van der Waals surface area contributed by atoms with Crippen molar-refractivity contribution in [3.63, 3.8) is 0 Å². The van der Waals surface area contributed by atoms with Crippen molar-refractivity contribution in [2.24, 2.45) is 11.8 Å². The van der Waals surface area contributed by atoms with Gasteiger partial charge in [0.1, 0.15) is 0 Å². The highest BCUT2D eigenvalue weighted by Crippen LogP contribution is 2.15.